The second kappa shape index (κ2) is 6.40. The number of aromatic nitrogens is 2. The molecule has 1 aromatic heterocycles. The lowest BCUT2D eigenvalue weighted by molar-refractivity contribution is 0.407. The summed E-state index contributed by atoms with van der Waals surface area (Å²) in [6.45, 7) is 1.50. The quantitative estimate of drug-likeness (QED) is 0.602. The lowest BCUT2D eigenvalue weighted by Gasteiger charge is -2.13. The minimum Gasteiger partial charge on any atom is -0.497 e. The minimum atomic E-state index is -1.12. The molecule has 0 unspecified atom stereocenters. The van der Waals surface area contributed by atoms with E-state index in [9.17, 15) is 17.6 Å². The van der Waals surface area contributed by atoms with E-state index in [1.165, 1.54) is 20.1 Å². The van der Waals surface area contributed by atoms with Crippen molar-refractivity contribution >= 4 is 11.6 Å². The molecule has 0 spiro atoms. The first-order valence-electron chi connectivity index (χ1n) is 7.07. The number of aryl methyl sites for hydroxylation is 1. The zero-order valence-corrected chi connectivity index (χ0v) is 13.8. The van der Waals surface area contributed by atoms with Crippen molar-refractivity contribution in [2.75, 3.05) is 7.11 Å². The fourth-order valence-electron chi connectivity index (χ4n) is 2.54. The molecule has 0 amide bonds. The minimum absolute atomic E-state index is 0.00129. The predicted octanol–water partition coefficient (Wildman–Crippen LogP) is 5.07. The van der Waals surface area contributed by atoms with Gasteiger partial charge in [0.05, 0.1) is 29.7 Å². The van der Waals surface area contributed by atoms with E-state index >= 15 is 0 Å². The standard InChI is InChI=1S/C17H11ClF4N2O/c1-8-16(15-13(21)6-10(25-2)7-14(15)22)24(17(18)23-8)9-3-4-11(19)12(20)5-9/h3-7H,1-2H3. The first-order chi connectivity index (χ1) is 11.8. The van der Waals surface area contributed by atoms with E-state index in [1.807, 2.05) is 0 Å². The summed E-state index contributed by atoms with van der Waals surface area (Å²) in [6.07, 6.45) is 0. The average molecular weight is 371 g/mol. The molecule has 0 atom stereocenters. The van der Waals surface area contributed by atoms with Crippen LogP contribution in [-0.2, 0) is 0 Å². The van der Waals surface area contributed by atoms with Gasteiger partial charge in [-0.05, 0) is 30.7 Å². The van der Waals surface area contributed by atoms with Gasteiger partial charge in [-0.1, -0.05) is 0 Å². The Morgan fingerprint density at radius 1 is 0.960 bits per heavy atom. The van der Waals surface area contributed by atoms with E-state index < -0.39 is 28.8 Å². The molecular weight excluding hydrogens is 360 g/mol. The van der Waals surface area contributed by atoms with Crippen molar-refractivity contribution in [1.82, 2.24) is 9.55 Å². The highest BCUT2D eigenvalue weighted by Gasteiger charge is 2.24. The third kappa shape index (κ3) is 2.95. The van der Waals surface area contributed by atoms with Crippen LogP contribution in [0.1, 0.15) is 5.69 Å². The Morgan fingerprint density at radius 3 is 2.16 bits per heavy atom. The van der Waals surface area contributed by atoms with Crippen molar-refractivity contribution in [2.24, 2.45) is 0 Å². The van der Waals surface area contributed by atoms with Crippen LogP contribution < -0.4 is 4.74 Å². The molecule has 130 valence electrons. The number of nitrogens with zero attached hydrogens (tertiary/aromatic N) is 2. The Labute approximate surface area is 145 Å². The molecule has 1 heterocycles. The molecular formula is C17H11ClF4N2O. The van der Waals surface area contributed by atoms with Crippen molar-refractivity contribution < 1.29 is 22.3 Å². The largest absolute Gasteiger partial charge is 0.497 e. The van der Waals surface area contributed by atoms with Crippen molar-refractivity contribution in [1.29, 1.82) is 0 Å². The average Bonchev–Trinajstić information content (AvgIpc) is 2.84. The molecule has 0 aliphatic carbocycles. The number of hydrogen-bond donors (Lipinski definition) is 0. The van der Waals surface area contributed by atoms with Gasteiger partial charge < -0.3 is 4.74 Å². The van der Waals surface area contributed by atoms with E-state index in [0.717, 1.165) is 28.8 Å². The zero-order valence-electron chi connectivity index (χ0n) is 13.1. The number of hydrogen-bond acceptors (Lipinski definition) is 2. The highest BCUT2D eigenvalue weighted by molar-refractivity contribution is 6.29. The third-order valence-corrected chi connectivity index (χ3v) is 3.91. The Balaban J connectivity index is 2.30. The van der Waals surface area contributed by atoms with E-state index in [-0.39, 0.29) is 28.1 Å². The molecule has 0 saturated heterocycles. The second-order valence-electron chi connectivity index (χ2n) is 5.21. The van der Waals surface area contributed by atoms with Gasteiger partial charge in [0.2, 0.25) is 5.28 Å². The van der Waals surface area contributed by atoms with Gasteiger partial charge in [-0.3, -0.25) is 4.57 Å². The van der Waals surface area contributed by atoms with Crippen LogP contribution in [0, 0.1) is 30.2 Å². The molecule has 3 rings (SSSR count). The van der Waals surface area contributed by atoms with Crippen molar-refractivity contribution in [3.63, 3.8) is 0 Å². The van der Waals surface area contributed by atoms with Crippen molar-refractivity contribution in [2.45, 2.75) is 6.92 Å². The first-order valence-corrected chi connectivity index (χ1v) is 7.45. The van der Waals surface area contributed by atoms with Gasteiger partial charge in [0, 0.05) is 18.2 Å². The van der Waals surface area contributed by atoms with Crippen LogP contribution in [0.5, 0.6) is 5.75 Å². The van der Waals surface area contributed by atoms with Crippen LogP contribution in [0.3, 0.4) is 0 Å². The van der Waals surface area contributed by atoms with Gasteiger partial charge in [-0.25, -0.2) is 22.5 Å². The maximum Gasteiger partial charge on any atom is 0.208 e. The Morgan fingerprint density at radius 2 is 1.60 bits per heavy atom. The molecule has 8 heteroatoms. The summed E-state index contributed by atoms with van der Waals surface area (Å²) in [4.78, 5) is 3.99. The van der Waals surface area contributed by atoms with Crippen LogP contribution in [0.25, 0.3) is 16.9 Å². The van der Waals surface area contributed by atoms with Gasteiger partial charge in [0.25, 0.3) is 0 Å². The van der Waals surface area contributed by atoms with Gasteiger partial charge in [0.15, 0.2) is 11.6 Å². The number of imidazole rings is 1. The smallest absolute Gasteiger partial charge is 0.208 e. The van der Waals surface area contributed by atoms with Crippen LogP contribution in [0.4, 0.5) is 17.6 Å². The Kier molecular flexibility index (Phi) is 4.43. The van der Waals surface area contributed by atoms with E-state index in [1.54, 1.807) is 0 Å². The summed E-state index contributed by atoms with van der Waals surface area (Å²) in [5, 5.41) is -0.145. The van der Waals surface area contributed by atoms with Crippen LogP contribution in [0.15, 0.2) is 30.3 Å². The normalized spacial score (nSPS) is 11.0. The van der Waals surface area contributed by atoms with Crippen LogP contribution in [0.2, 0.25) is 5.28 Å². The highest BCUT2D eigenvalue weighted by Crippen LogP contribution is 2.35. The summed E-state index contributed by atoms with van der Waals surface area (Å²) in [5.41, 5.74) is -0.108. The number of ether oxygens (including phenoxy) is 1. The van der Waals surface area contributed by atoms with E-state index in [2.05, 4.69) is 4.98 Å². The molecule has 2 aromatic carbocycles. The number of rotatable bonds is 3. The van der Waals surface area contributed by atoms with Crippen LogP contribution >= 0.6 is 11.6 Å². The molecule has 0 bridgehead atoms. The molecule has 0 N–H and O–H groups in total. The summed E-state index contributed by atoms with van der Waals surface area (Å²) < 4.78 is 61.7. The Bertz CT molecular complexity index is 949. The second-order valence-corrected chi connectivity index (χ2v) is 5.55. The number of methoxy groups -OCH3 is 1. The van der Waals surface area contributed by atoms with Crippen molar-refractivity contribution in [3.8, 4) is 22.7 Å². The maximum absolute atomic E-state index is 14.5. The highest BCUT2D eigenvalue weighted by atomic mass is 35.5. The lowest BCUT2D eigenvalue weighted by Crippen LogP contribution is -2.03. The van der Waals surface area contributed by atoms with Crippen LogP contribution in [-0.4, -0.2) is 16.7 Å². The van der Waals surface area contributed by atoms with Gasteiger partial charge >= 0.3 is 0 Å². The van der Waals surface area contributed by atoms with Gasteiger partial charge in [-0.15, -0.1) is 0 Å². The third-order valence-electron chi connectivity index (χ3n) is 3.66. The molecule has 0 fully saturated rings. The SMILES string of the molecule is COc1cc(F)c(-c2c(C)nc(Cl)n2-c2ccc(F)c(F)c2)c(F)c1. The lowest BCUT2D eigenvalue weighted by atomic mass is 10.1. The molecule has 0 saturated carbocycles. The van der Waals surface area contributed by atoms with E-state index in [0.29, 0.717) is 0 Å². The fraction of sp³-hybridized carbons (Fsp3) is 0.118. The van der Waals surface area contributed by atoms with E-state index in [4.69, 9.17) is 16.3 Å². The molecule has 0 aliphatic rings. The van der Waals surface area contributed by atoms with Crippen molar-refractivity contribution in [3.05, 3.63) is 64.6 Å². The zero-order chi connectivity index (χ0) is 18.3. The summed E-state index contributed by atoms with van der Waals surface area (Å²) in [7, 11) is 1.28. The summed E-state index contributed by atoms with van der Waals surface area (Å²) in [5.74, 6) is -3.98. The summed E-state index contributed by atoms with van der Waals surface area (Å²) >= 11 is 6.06. The molecule has 0 aliphatic heterocycles. The maximum atomic E-state index is 14.5. The summed E-state index contributed by atoms with van der Waals surface area (Å²) in [6, 6.07) is 5.00. The number of benzene rings is 2. The molecule has 0 radical (unpaired) electrons. The molecule has 25 heavy (non-hydrogen) atoms. The topological polar surface area (TPSA) is 27.1 Å². The molecule has 3 aromatic rings. The first kappa shape index (κ1) is 17.3. The molecule has 3 nitrogen and oxygen atoms in total. The van der Waals surface area contributed by atoms with Gasteiger partial charge in [0.1, 0.15) is 17.4 Å². The monoisotopic (exact) mass is 370 g/mol. The fourth-order valence-corrected chi connectivity index (χ4v) is 2.85. The number of halogens is 5. The predicted molar refractivity (Wildman–Crippen MR) is 85.1 cm³/mol. The van der Waals surface area contributed by atoms with Gasteiger partial charge in [-0.2, -0.15) is 0 Å². The Hall–Kier alpha value is -2.54.